The molecule has 0 bridgehead atoms. The minimum atomic E-state index is 0.307. The molecule has 0 radical (unpaired) electrons. The number of nitrogens with zero attached hydrogens (tertiary/aromatic N) is 4. The third-order valence-corrected chi connectivity index (χ3v) is 7.21. The number of ether oxygens (including phenoxy) is 1. The molecule has 32 heavy (non-hydrogen) atoms. The van der Waals surface area contributed by atoms with Crippen LogP contribution in [0.5, 0.6) is 0 Å². The molecule has 1 unspecified atom stereocenters. The summed E-state index contributed by atoms with van der Waals surface area (Å²) < 4.78 is 7.95. The Balaban J connectivity index is 1.13. The van der Waals surface area contributed by atoms with Gasteiger partial charge in [0, 0.05) is 69.4 Å². The molecule has 7 nitrogen and oxygen atoms in total. The Kier molecular flexibility index (Phi) is 5.14. The van der Waals surface area contributed by atoms with E-state index in [1.807, 2.05) is 10.7 Å². The zero-order chi connectivity index (χ0) is 21.5. The first-order valence-electron chi connectivity index (χ1n) is 12.0. The van der Waals surface area contributed by atoms with Crippen LogP contribution in [0, 0.1) is 11.8 Å². The molecular weight excluding hydrogens is 402 g/mol. The van der Waals surface area contributed by atoms with Crippen LogP contribution in [0.3, 0.4) is 0 Å². The minimum absolute atomic E-state index is 0.307. The molecule has 2 aliphatic heterocycles. The van der Waals surface area contributed by atoms with Gasteiger partial charge in [-0.2, -0.15) is 5.10 Å². The van der Waals surface area contributed by atoms with E-state index in [2.05, 4.69) is 56.8 Å². The summed E-state index contributed by atoms with van der Waals surface area (Å²) in [7, 11) is 0. The van der Waals surface area contributed by atoms with Gasteiger partial charge in [-0.3, -0.25) is 4.79 Å². The number of aromatic nitrogens is 2. The Morgan fingerprint density at radius 3 is 2.72 bits per heavy atom. The highest BCUT2D eigenvalue weighted by Crippen LogP contribution is 2.33. The second-order valence-corrected chi connectivity index (χ2v) is 9.55. The topological polar surface area (TPSA) is 62.1 Å². The molecule has 0 aromatic carbocycles. The maximum absolute atomic E-state index is 12.4. The summed E-state index contributed by atoms with van der Waals surface area (Å²) in [6.07, 6.45) is 13.7. The summed E-state index contributed by atoms with van der Waals surface area (Å²) >= 11 is 0. The van der Waals surface area contributed by atoms with E-state index in [-0.39, 0.29) is 0 Å². The van der Waals surface area contributed by atoms with E-state index in [1.165, 1.54) is 11.3 Å². The van der Waals surface area contributed by atoms with Crippen molar-refractivity contribution in [1.82, 2.24) is 19.8 Å². The molecule has 1 atom stereocenters. The van der Waals surface area contributed by atoms with Crippen LogP contribution in [-0.2, 0) is 9.53 Å². The highest BCUT2D eigenvalue weighted by Gasteiger charge is 2.34. The molecule has 1 N–H and O–H groups in total. The van der Waals surface area contributed by atoms with Crippen molar-refractivity contribution in [2.24, 2.45) is 11.8 Å². The molecule has 0 spiro atoms. The number of rotatable bonds is 6. The lowest BCUT2D eigenvalue weighted by molar-refractivity contribution is -0.132. The van der Waals surface area contributed by atoms with Gasteiger partial charge in [-0.1, -0.05) is 6.08 Å². The van der Waals surface area contributed by atoms with E-state index >= 15 is 0 Å². The average molecular weight is 434 g/mol. The van der Waals surface area contributed by atoms with Crippen molar-refractivity contribution in [1.29, 1.82) is 0 Å². The predicted molar refractivity (Wildman–Crippen MR) is 124 cm³/mol. The number of amides is 1. The van der Waals surface area contributed by atoms with Gasteiger partial charge >= 0.3 is 0 Å². The molecule has 2 aliphatic carbocycles. The van der Waals surface area contributed by atoms with Crippen LogP contribution < -0.4 is 10.2 Å². The Labute approximate surface area is 188 Å². The summed E-state index contributed by atoms with van der Waals surface area (Å²) in [5, 5.41) is 7.85. The van der Waals surface area contributed by atoms with Crippen LogP contribution in [0.25, 0.3) is 5.52 Å². The molecule has 2 aromatic heterocycles. The molecule has 7 heteroatoms. The lowest BCUT2D eigenvalue weighted by atomic mass is 9.94. The van der Waals surface area contributed by atoms with Crippen molar-refractivity contribution in [2.75, 3.05) is 50.8 Å². The van der Waals surface area contributed by atoms with E-state index in [4.69, 9.17) is 4.74 Å². The SMILES string of the molecule is O=C(C1CC1)N1CCN(c2ccnn3cc(C4C=CC(OCC5CNC5)=CC4)cc23)CC1. The Hall–Kier alpha value is -2.80. The number of anilines is 1. The third-order valence-electron chi connectivity index (χ3n) is 7.21. The number of hydrogen-bond acceptors (Lipinski definition) is 5. The quantitative estimate of drug-likeness (QED) is 0.759. The summed E-state index contributed by atoms with van der Waals surface area (Å²) in [4.78, 5) is 16.8. The van der Waals surface area contributed by atoms with Crippen molar-refractivity contribution in [3.8, 4) is 0 Å². The number of nitrogens with one attached hydrogen (secondary N) is 1. The van der Waals surface area contributed by atoms with Crippen LogP contribution >= 0.6 is 0 Å². The first kappa shape index (κ1) is 19.9. The van der Waals surface area contributed by atoms with Crippen LogP contribution in [0.4, 0.5) is 5.69 Å². The van der Waals surface area contributed by atoms with Crippen molar-refractivity contribution in [3.63, 3.8) is 0 Å². The summed E-state index contributed by atoms with van der Waals surface area (Å²) in [6.45, 7) is 6.32. The minimum Gasteiger partial charge on any atom is -0.494 e. The van der Waals surface area contributed by atoms with Gasteiger partial charge in [0.1, 0.15) is 5.76 Å². The number of allylic oxidation sites excluding steroid dienone is 3. The average Bonchev–Trinajstić information content (AvgIpc) is 3.56. The van der Waals surface area contributed by atoms with Gasteiger partial charge < -0.3 is 19.9 Å². The normalized spacial score (nSPS) is 23.9. The number of carbonyl (C=O) groups is 1. The first-order valence-corrected chi connectivity index (χ1v) is 12.0. The number of carbonyl (C=O) groups excluding carboxylic acids is 1. The van der Waals surface area contributed by atoms with Crippen molar-refractivity contribution < 1.29 is 9.53 Å². The van der Waals surface area contributed by atoms with Crippen LogP contribution in [0.15, 0.2) is 48.5 Å². The fourth-order valence-corrected chi connectivity index (χ4v) is 4.88. The van der Waals surface area contributed by atoms with Crippen molar-refractivity contribution in [2.45, 2.75) is 25.2 Å². The molecule has 6 rings (SSSR count). The van der Waals surface area contributed by atoms with Gasteiger partial charge in [-0.05, 0) is 49.1 Å². The van der Waals surface area contributed by atoms with Crippen LogP contribution in [0.1, 0.15) is 30.7 Å². The molecular formula is C25H31N5O2. The van der Waals surface area contributed by atoms with Crippen LogP contribution in [-0.4, -0.2) is 66.3 Å². The van der Waals surface area contributed by atoms with E-state index in [9.17, 15) is 4.79 Å². The molecule has 2 saturated heterocycles. The molecule has 4 aliphatic rings. The van der Waals surface area contributed by atoms with Gasteiger partial charge in [0.05, 0.1) is 17.8 Å². The predicted octanol–water partition coefficient (Wildman–Crippen LogP) is 2.56. The van der Waals surface area contributed by atoms with Gasteiger partial charge in [0.15, 0.2) is 0 Å². The van der Waals surface area contributed by atoms with Gasteiger partial charge in [-0.25, -0.2) is 4.52 Å². The maximum Gasteiger partial charge on any atom is 0.225 e. The second-order valence-electron chi connectivity index (χ2n) is 9.55. The monoisotopic (exact) mass is 433 g/mol. The zero-order valence-corrected chi connectivity index (χ0v) is 18.4. The number of piperazine rings is 1. The lowest BCUT2D eigenvalue weighted by Crippen LogP contribution is -2.49. The van der Waals surface area contributed by atoms with E-state index in [1.54, 1.807) is 0 Å². The molecule has 1 saturated carbocycles. The molecule has 2 aromatic rings. The van der Waals surface area contributed by atoms with Crippen molar-refractivity contribution >= 4 is 17.1 Å². The Morgan fingerprint density at radius 2 is 2.03 bits per heavy atom. The van der Waals surface area contributed by atoms with E-state index in [0.717, 1.165) is 76.4 Å². The second kappa shape index (κ2) is 8.28. The zero-order valence-electron chi connectivity index (χ0n) is 18.4. The van der Waals surface area contributed by atoms with Crippen molar-refractivity contribution in [3.05, 3.63) is 54.1 Å². The van der Waals surface area contributed by atoms with Gasteiger partial charge in [0.25, 0.3) is 0 Å². The molecule has 1 amide bonds. The lowest BCUT2D eigenvalue weighted by Gasteiger charge is -2.36. The van der Waals surface area contributed by atoms with E-state index < -0.39 is 0 Å². The fourth-order valence-electron chi connectivity index (χ4n) is 4.88. The standard InChI is InChI=1S/C25H31N5O2/c31-25(20-1-2-20)29-11-9-28(10-12-29)23-7-8-27-30-16-21(13-24(23)30)19-3-5-22(6-4-19)32-17-18-14-26-15-18/h3,5-8,13,16,18-20,26H,1-2,4,9-12,14-15,17H2. The maximum atomic E-state index is 12.4. The molecule has 3 fully saturated rings. The summed E-state index contributed by atoms with van der Waals surface area (Å²) in [5.41, 5.74) is 3.63. The number of hydrogen-bond donors (Lipinski definition) is 1. The van der Waals surface area contributed by atoms with Crippen LogP contribution in [0.2, 0.25) is 0 Å². The largest absolute Gasteiger partial charge is 0.494 e. The highest BCUT2D eigenvalue weighted by molar-refractivity contribution is 5.81. The fraction of sp³-hybridized carbons (Fsp3) is 0.520. The summed E-state index contributed by atoms with van der Waals surface area (Å²) in [5.74, 6) is 2.65. The Morgan fingerprint density at radius 1 is 1.19 bits per heavy atom. The Bertz CT molecular complexity index is 1060. The highest BCUT2D eigenvalue weighted by atomic mass is 16.5. The van der Waals surface area contributed by atoms with Gasteiger partial charge in [-0.15, -0.1) is 0 Å². The first-order chi connectivity index (χ1) is 15.7. The summed E-state index contributed by atoms with van der Waals surface area (Å²) in [6, 6.07) is 4.38. The third kappa shape index (κ3) is 3.90. The smallest absolute Gasteiger partial charge is 0.225 e. The molecule has 4 heterocycles. The van der Waals surface area contributed by atoms with Gasteiger partial charge in [0.2, 0.25) is 5.91 Å². The molecule has 168 valence electrons. The van der Waals surface area contributed by atoms with E-state index in [0.29, 0.717) is 23.7 Å². The number of fused-ring (bicyclic) bond motifs is 1.